The molecule has 0 saturated heterocycles. The maximum absolute atomic E-state index is 6.12. The first-order chi connectivity index (χ1) is 9.16. The van der Waals surface area contributed by atoms with Gasteiger partial charge in [-0.1, -0.05) is 55.8 Å². The Morgan fingerprint density at radius 1 is 1.11 bits per heavy atom. The monoisotopic (exact) mass is 274 g/mol. The van der Waals surface area contributed by atoms with Gasteiger partial charge >= 0.3 is 0 Å². The zero-order chi connectivity index (χ0) is 13.7. The molecule has 0 bridgehead atoms. The molecule has 1 unspecified atom stereocenters. The SMILES string of the molecule is CC(C)CC(Nc1cccnc1Cl)c1ccccc1. The number of hydrogen-bond acceptors (Lipinski definition) is 2. The van der Waals surface area contributed by atoms with E-state index >= 15 is 0 Å². The minimum atomic E-state index is 0.253. The van der Waals surface area contributed by atoms with Crippen molar-refractivity contribution in [2.45, 2.75) is 26.3 Å². The van der Waals surface area contributed by atoms with Crippen LogP contribution in [-0.2, 0) is 0 Å². The molecule has 0 spiro atoms. The van der Waals surface area contributed by atoms with Crippen LogP contribution in [0.15, 0.2) is 48.7 Å². The molecule has 2 aromatic rings. The van der Waals surface area contributed by atoms with E-state index in [2.05, 4.69) is 48.4 Å². The molecule has 1 heterocycles. The van der Waals surface area contributed by atoms with Crippen LogP contribution in [0.3, 0.4) is 0 Å². The minimum absolute atomic E-state index is 0.253. The van der Waals surface area contributed by atoms with Gasteiger partial charge in [0.2, 0.25) is 0 Å². The fourth-order valence-electron chi connectivity index (χ4n) is 2.12. The van der Waals surface area contributed by atoms with Crippen LogP contribution >= 0.6 is 11.6 Å². The Labute approximate surface area is 119 Å². The number of halogens is 1. The summed E-state index contributed by atoms with van der Waals surface area (Å²) >= 11 is 6.12. The number of nitrogens with one attached hydrogen (secondary N) is 1. The van der Waals surface area contributed by atoms with E-state index in [1.165, 1.54) is 5.56 Å². The molecule has 1 aromatic heterocycles. The Hall–Kier alpha value is -1.54. The molecule has 0 radical (unpaired) electrons. The van der Waals surface area contributed by atoms with Crippen LogP contribution in [0.5, 0.6) is 0 Å². The van der Waals surface area contributed by atoms with Crippen molar-refractivity contribution in [2.24, 2.45) is 5.92 Å². The molecular weight excluding hydrogens is 256 g/mol. The molecule has 2 nitrogen and oxygen atoms in total. The number of nitrogens with zero attached hydrogens (tertiary/aromatic N) is 1. The van der Waals surface area contributed by atoms with Gasteiger partial charge in [0, 0.05) is 6.20 Å². The van der Waals surface area contributed by atoms with Crippen LogP contribution in [0, 0.1) is 5.92 Å². The van der Waals surface area contributed by atoms with Crippen LogP contribution in [-0.4, -0.2) is 4.98 Å². The van der Waals surface area contributed by atoms with E-state index in [1.807, 2.05) is 18.2 Å². The third-order valence-corrected chi connectivity index (χ3v) is 3.30. The summed E-state index contributed by atoms with van der Waals surface area (Å²) in [7, 11) is 0. The minimum Gasteiger partial charge on any atom is -0.376 e. The maximum atomic E-state index is 6.12. The predicted octanol–water partition coefficient (Wildman–Crippen LogP) is 4.93. The smallest absolute Gasteiger partial charge is 0.152 e. The lowest BCUT2D eigenvalue weighted by Crippen LogP contribution is -2.13. The zero-order valence-electron chi connectivity index (χ0n) is 11.3. The summed E-state index contributed by atoms with van der Waals surface area (Å²) in [5.41, 5.74) is 2.16. The molecule has 0 aliphatic heterocycles. The maximum Gasteiger partial charge on any atom is 0.152 e. The van der Waals surface area contributed by atoms with Gasteiger partial charge in [-0.25, -0.2) is 4.98 Å². The highest BCUT2D eigenvalue weighted by Crippen LogP contribution is 2.28. The largest absolute Gasteiger partial charge is 0.376 e. The molecule has 2 rings (SSSR count). The number of pyridine rings is 1. The standard InChI is InChI=1S/C16H19ClN2/c1-12(2)11-15(13-7-4-3-5-8-13)19-14-9-6-10-18-16(14)17/h3-10,12,15,19H,11H2,1-2H3. The number of hydrogen-bond donors (Lipinski definition) is 1. The normalized spacial score (nSPS) is 12.4. The van der Waals surface area contributed by atoms with Gasteiger partial charge in [0.05, 0.1) is 11.7 Å². The Morgan fingerprint density at radius 3 is 2.47 bits per heavy atom. The average molecular weight is 275 g/mol. The summed E-state index contributed by atoms with van der Waals surface area (Å²) in [4.78, 5) is 4.11. The lowest BCUT2D eigenvalue weighted by molar-refractivity contribution is 0.531. The number of benzene rings is 1. The second kappa shape index (κ2) is 6.58. The van der Waals surface area contributed by atoms with E-state index in [9.17, 15) is 0 Å². The van der Waals surface area contributed by atoms with Crippen molar-refractivity contribution in [3.8, 4) is 0 Å². The van der Waals surface area contributed by atoms with Gasteiger partial charge in [0.1, 0.15) is 0 Å². The van der Waals surface area contributed by atoms with Gasteiger partial charge in [-0.3, -0.25) is 0 Å². The van der Waals surface area contributed by atoms with Crippen molar-refractivity contribution in [3.05, 3.63) is 59.4 Å². The first kappa shape index (κ1) is 13.9. The van der Waals surface area contributed by atoms with Gasteiger partial charge in [0.15, 0.2) is 5.15 Å². The molecule has 0 amide bonds. The zero-order valence-corrected chi connectivity index (χ0v) is 12.1. The Bertz CT molecular complexity index is 511. The van der Waals surface area contributed by atoms with E-state index in [4.69, 9.17) is 11.6 Å². The van der Waals surface area contributed by atoms with Crippen LogP contribution < -0.4 is 5.32 Å². The molecule has 1 atom stereocenters. The lowest BCUT2D eigenvalue weighted by atomic mass is 9.97. The summed E-state index contributed by atoms with van der Waals surface area (Å²) in [5.74, 6) is 0.605. The van der Waals surface area contributed by atoms with Crippen molar-refractivity contribution in [2.75, 3.05) is 5.32 Å². The third kappa shape index (κ3) is 3.97. The fraction of sp³-hybridized carbons (Fsp3) is 0.312. The lowest BCUT2D eigenvalue weighted by Gasteiger charge is -2.22. The number of rotatable bonds is 5. The molecule has 0 fully saturated rings. The van der Waals surface area contributed by atoms with Crippen LogP contribution in [0.2, 0.25) is 5.15 Å². The molecule has 0 aliphatic carbocycles. The quantitative estimate of drug-likeness (QED) is 0.782. The molecule has 19 heavy (non-hydrogen) atoms. The fourth-order valence-corrected chi connectivity index (χ4v) is 2.29. The summed E-state index contributed by atoms with van der Waals surface area (Å²) in [6.07, 6.45) is 2.75. The van der Waals surface area contributed by atoms with E-state index in [0.29, 0.717) is 11.1 Å². The van der Waals surface area contributed by atoms with E-state index in [0.717, 1.165) is 12.1 Å². The Kier molecular flexibility index (Phi) is 4.80. The van der Waals surface area contributed by atoms with Crippen LogP contribution in [0.1, 0.15) is 31.9 Å². The first-order valence-corrected chi connectivity index (χ1v) is 6.96. The van der Waals surface area contributed by atoms with Gasteiger partial charge in [0.25, 0.3) is 0 Å². The van der Waals surface area contributed by atoms with E-state index in [1.54, 1.807) is 6.20 Å². The number of aromatic nitrogens is 1. The molecule has 1 N–H and O–H groups in total. The molecule has 100 valence electrons. The first-order valence-electron chi connectivity index (χ1n) is 6.59. The summed E-state index contributed by atoms with van der Waals surface area (Å²) < 4.78 is 0. The van der Waals surface area contributed by atoms with Gasteiger partial charge < -0.3 is 5.32 Å². The van der Waals surface area contributed by atoms with E-state index in [-0.39, 0.29) is 6.04 Å². The average Bonchev–Trinajstić information content (AvgIpc) is 2.41. The van der Waals surface area contributed by atoms with Crippen LogP contribution in [0.4, 0.5) is 5.69 Å². The molecule has 0 saturated carbocycles. The van der Waals surface area contributed by atoms with Gasteiger partial charge in [-0.2, -0.15) is 0 Å². The van der Waals surface area contributed by atoms with Gasteiger partial charge in [-0.05, 0) is 30.0 Å². The number of anilines is 1. The summed E-state index contributed by atoms with van der Waals surface area (Å²) in [5, 5.41) is 4.02. The highest BCUT2D eigenvalue weighted by atomic mass is 35.5. The molecule has 0 aliphatic rings. The van der Waals surface area contributed by atoms with Crippen molar-refractivity contribution in [1.82, 2.24) is 4.98 Å². The Morgan fingerprint density at radius 2 is 1.84 bits per heavy atom. The third-order valence-electron chi connectivity index (χ3n) is 3.00. The van der Waals surface area contributed by atoms with Crippen molar-refractivity contribution in [3.63, 3.8) is 0 Å². The van der Waals surface area contributed by atoms with Crippen molar-refractivity contribution in [1.29, 1.82) is 0 Å². The second-order valence-corrected chi connectivity index (χ2v) is 5.44. The molecule has 3 heteroatoms. The Balaban J connectivity index is 2.22. The van der Waals surface area contributed by atoms with Gasteiger partial charge in [-0.15, -0.1) is 0 Å². The molecule has 1 aromatic carbocycles. The van der Waals surface area contributed by atoms with Crippen LogP contribution in [0.25, 0.3) is 0 Å². The van der Waals surface area contributed by atoms with E-state index < -0.39 is 0 Å². The predicted molar refractivity (Wildman–Crippen MR) is 81.5 cm³/mol. The highest BCUT2D eigenvalue weighted by molar-refractivity contribution is 6.31. The summed E-state index contributed by atoms with van der Waals surface area (Å²) in [6.45, 7) is 4.45. The second-order valence-electron chi connectivity index (χ2n) is 5.08. The molecular formula is C16H19ClN2. The van der Waals surface area contributed by atoms with Crippen molar-refractivity contribution < 1.29 is 0 Å². The summed E-state index contributed by atoms with van der Waals surface area (Å²) in [6, 6.07) is 14.6. The van der Waals surface area contributed by atoms with Crippen molar-refractivity contribution >= 4 is 17.3 Å². The topological polar surface area (TPSA) is 24.9 Å². The highest BCUT2D eigenvalue weighted by Gasteiger charge is 2.14.